The molecule has 8 heteroatoms. The number of benzene rings is 2. The van der Waals surface area contributed by atoms with Crippen molar-refractivity contribution in [1.29, 1.82) is 0 Å². The van der Waals surface area contributed by atoms with E-state index in [4.69, 9.17) is 4.74 Å². The Morgan fingerprint density at radius 2 is 1.90 bits per heavy atom. The van der Waals surface area contributed by atoms with E-state index < -0.39 is 5.92 Å². The Kier molecular flexibility index (Phi) is 6.57. The molecule has 1 unspecified atom stereocenters. The van der Waals surface area contributed by atoms with Crippen molar-refractivity contribution >= 4 is 33.4 Å². The minimum atomic E-state index is -0.617. The summed E-state index contributed by atoms with van der Waals surface area (Å²) in [4.78, 5) is 31.6. The van der Waals surface area contributed by atoms with Crippen LogP contribution in [-0.4, -0.2) is 61.4 Å². The van der Waals surface area contributed by atoms with Gasteiger partial charge in [0.25, 0.3) is 0 Å². The second-order valence-electron chi connectivity index (χ2n) is 7.87. The maximum absolute atomic E-state index is 13.6. The second-order valence-corrected chi connectivity index (χ2v) is 8.78. The van der Waals surface area contributed by atoms with Gasteiger partial charge in [-0.25, -0.2) is 4.39 Å². The van der Waals surface area contributed by atoms with E-state index in [1.165, 1.54) is 12.1 Å². The number of ether oxygens (including phenoxy) is 1. The van der Waals surface area contributed by atoms with E-state index in [0.717, 1.165) is 15.7 Å². The van der Waals surface area contributed by atoms with E-state index in [1.807, 2.05) is 24.3 Å². The molecule has 2 aliphatic rings. The topological polar surface area (TPSA) is 53.1 Å². The molecule has 2 aromatic rings. The molecule has 6 nitrogen and oxygen atoms in total. The summed E-state index contributed by atoms with van der Waals surface area (Å²) in [6, 6.07) is 12.1. The van der Waals surface area contributed by atoms with Gasteiger partial charge in [-0.2, -0.15) is 0 Å². The van der Waals surface area contributed by atoms with Crippen molar-refractivity contribution in [1.82, 2.24) is 9.80 Å². The van der Waals surface area contributed by atoms with Crippen molar-refractivity contribution < 1.29 is 18.7 Å². The fraction of sp³-hybridized carbons (Fsp3) is 0.391. The lowest BCUT2D eigenvalue weighted by molar-refractivity contribution is -0.141. The summed E-state index contributed by atoms with van der Waals surface area (Å²) in [5.41, 5.74) is 1.60. The zero-order chi connectivity index (χ0) is 22.0. The average molecular weight is 490 g/mol. The quantitative estimate of drug-likeness (QED) is 0.604. The first-order valence-electron chi connectivity index (χ1n) is 10.4. The number of methoxy groups -OCH3 is 1. The highest BCUT2D eigenvalue weighted by molar-refractivity contribution is 9.10. The summed E-state index contributed by atoms with van der Waals surface area (Å²) in [5.74, 6) is -0.474. The molecule has 0 radical (unpaired) electrons. The van der Waals surface area contributed by atoms with Gasteiger partial charge in [0.1, 0.15) is 17.5 Å². The fourth-order valence-electron chi connectivity index (χ4n) is 4.27. The van der Waals surface area contributed by atoms with Crippen molar-refractivity contribution in [3.63, 3.8) is 0 Å². The molecule has 0 bridgehead atoms. The normalized spacial score (nSPS) is 19.7. The zero-order valence-corrected chi connectivity index (χ0v) is 19.0. The Balaban J connectivity index is 1.34. The fourth-order valence-corrected chi connectivity index (χ4v) is 4.65. The molecule has 4 rings (SSSR count). The van der Waals surface area contributed by atoms with Crippen LogP contribution >= 0.6 is 15.9 Å². The molecule has 2 amide bonds. The molecule has 1 atom stereocenters. The first-order valence-corrected chi connectivity index (χ1v) is 11.2. The van der Waals surface area contributed by atoms with Crippen molar-refractivity contribution in [2.24, 2.45) is 5.92 Å². The lowest BCUT2D eigenvalue weighted by Crippen LogP contribution is -2.51. The molecule has 0 aromatic heterocycles. The monoisotopic (exact) mass is 489 g/mol. The van der Waals surface area contributed by atoms with Crippen molar-refractivity contribution in [3.8, 4) is 5.75 Å². The van der Waals surface area contributed by atoms with Crippen molar-refractivity contribution in [2.45, 2.75) is 13.0 Å². The highest BCUT2D eigenvalue weighted by Gasteiger charge is 2.40. The Morgan fingerprint density at radius 1 is 1.13 bits per heavy atom. The van der Waals surface area contributed by atoms with E-state index in [-0.39, 0.29) is 17.6 Å². The van der Waals surface area contributed by atoms with Crippen LogP contribution in [0.3, 0.4) is 0 Å². The van der Waals surface area contributed by atoms with Gasteiger partial charge in [0.05, 0.1) is 7.11 Å². The number of halogens is 2. The van der Waals surface area contributed by atoms with Gasteiger partial charge in [-0.3, -0.25) is 14.5 Å². The molecular weight excluding hydrogens is 465 g/mol. The third kappa shape index (κ3) is 4.75. The first kappa shape index (κ1) is 21.8. The number of nitrogens with zero attached hydrogens (tertiary/aromatic N) is 3. The number of piperazine rings is 1. The number of hydrogen-bond acceptors (Lipinski definition) is 4. The maximum Gasteiger partial charge on any atom is 0.239 e. The van der Waals surface area contributed by atoms with E-state index in [9.17, 15) is 14.0 Å². The molecule has 0 spiro atoms. The van der Waals surface area contributed by atoms with Crippen molar-refractivity contribution in [3.05, 3.63) is 58.3 Å². The van der Waals surface area contributed by atoms with Gasteiger partial charge in [0.15, 0.2) is 0 Å². The number of carbonyl (C=O) groups is 2. The summed E-state index contributed by atoms with van der Waals surface area (Å²) in [7, 11) is 1.57. The molecule has 2 fully saturated rings. The molecule has 2 saturated heterocycles. The number of anilines is 1. The van der Waals surface area contributed by atoms with Crippen LogP contribution in [0.25, 0.3) is 0 Å². The highest BCUT2D eigenvalue weighted by Crippen LogP contribution is 2.29. The molecule has 0 aliphatic carbocycles. The van der Waals surface area contributed by atoms with Crippen LogP contribution in [0.5, 0.6) is 5.75 Å². The predicted molar refractivity (Wildman–Crippen MR) is 119 cm³/mol. The van der Waals surface area contributed by atoms with Crippen LogP contribution in [0, 0.1) is 11.7 Å². The molecule has 2 aromatic carbocycles. The van der Waals surface area contributed by atoms with Crippen molar-refractivity contribution in [2.75, 3.05) is 44.7 Å². The molecule has 0 saturated carbocycles. The summed E-state index contributed by atoms with van der Waals surface area (Å²) < 4.78 is 19.9. The van der Waals surface area contributed by atoms with Crippen LogP contribution in [-0.2, 0) is 16.1 Å². The summed E-state index contributed by atoms with van der Waals surface area (Å²) in [5, 5.41) is 0. The third-order valence-electron chi connectivity index (χ3n) is 5.94. The minimum Gasteiger partial charge on any atom is -0.496 e. The lowest BCUT2D eigenvalue weighted by atomic mass is 10.1. The molecule has 164 valence electrons. The zero-order valence-electron chi connectivity index (χ0n) is 17.4. The molecule has 2 aliphatic heterocycles. The number of carbonyl (C=O) groups excluding carboxylic acids is 2. The smallest absolute Gasteiger partial charge is 0.239 e. The number of rotatable bonds is 5. The molecule has 0 N–H and O–H groups in total. The van der Waals surface area contributed by atoms with Gasteiger partial charge in [-0.05, 0) is 42.8 Å². The van der Waals surface area contributed by atoms with E-state index in [1.54, 1.807) is 23.0 Å². The third-order valence-corrected chi connectivity index (χ3v) is 6.44. The van der Waals surface area contributed by atoms with Crippen LogP contribution < -0.4 is 9.64 Å². The standard InChI is InChI=1S/C23H25BrFN3O3/c1-31-21-6-5-18(25)13-16(21)15-26-9-11-27(12-10-26)22(29)20-7-8-28(23(20)30)19-4-2-3-17(24)14-19/h2-6,13-14,20H,7-12,15H2,1H3. The largest absolute Gasteiger partial charge is 0.496 e. The van der Waals surface area contributed by atoms with E-state index in [0.29, 0.717) is 51.4 Å². The SMILES string of the molecule is COc1ccc(F)cc1CN1CCN(C(=O)C2CCN(c3cccc(Br)c3)C2=O)CC1. The van der Waals surface area contributed by atoms with Gasteiger partial charge in [-0.15, -0.1) is 0 Å². The average Bonchev–Trinajstić information content (AvgIpc) is 3.15. The van der Waals surface area contributed by atoms with Crippen LogP contribution in [0.4, 0.5) is 10.1 Å². The number of amides is 2. The predicted octanol–water partition coefficient (Wildman–Crippen LogP) is 3.29. The van der Waals surface area contributed by atoms with Gasteiger partial charge >= 0.3 is 0 Å². The molecule has 2 heterocycles. The number of hydrogen-bond donors (Lipinski definition) is 0. The van der Waals surface area contributed by atoms with E-state index in [2.05, 4.69) is 20.8 Å². The van der Waals surface area contributed by atoms with Crippen LogP contribution in [0.2, 0.25) is 0 Å². The van der Waals surface area contributed by atoms with Crippen LogP contribution in [0.15, 0.2) is 46.9 Å². The van der Waals surface area contributed by atoms with Gasteiger partial charge in [0, 0.05) is 55.0 Å². The van der Waals surface area contributed by atoms with Gasteiger partial charge < -0.3 is 14.5 Å². The Bertz CT molecular complexity index is 978. The Labute approximate surface area is 189 Å². The van der Waals surface area contributed by atoms with Gasteiger partial charge in [-0.1, -0.05) is 22.0 Å². The Morgan fingerprint density at radius 3 is 2.61 bits per heavy atom. The maximum atomic E-state index is 13.6. The molecule has 31 heavy (non-hydrogen) atoms. The van der Waals surface area contributed by atoms with Gasteiger partial charge in [0.2, 0.25) is 11.8 Å². The Hall–Kier alpha value is -2.45. The highest BCUT2D eigenvalue weighted by atomic mass is 79.9. The summed E-state index contributed by atoms with van der Waals surface area (Å²) in [6.07, 6.45) is 0.533. The van der Waals surface area contributed by atoms with Crippen LogP contribution in [0.1, 0.15) is 12.0 Å². The summed E-state index contributed by atoms with van der Waals surface area (Å²) in [6.45, 7) is 3.55. The van der Waals surface area contributed by atoms with E-state index >= 15 is 0 Å². The first-order chi connectivity index (χ1) is 15.0. The second kappa shape index (κ2) is 9.36. The molecular formula is C23H25BrFN3O3. The minimum absolute atomic E-state index is 0.0921. The summed E-state index contributed by atoms with van der Waals surface area (Å²) >= 11 is 3.43. The lowest BCUT2D eigenvalue weighted by Gasteiger charge is -2.35.